The van der Waals surface area contributed by atoms with Gasteiger partial charge in [-0.2, -0.15) is 5.10 Å². The normalized spacial score (nSPS) is 11.3. The summed E-state index contributed by atoms with van der Waals surface area (Å²) in [5, 5.41) is 24.4. The molecule has 3 N–H and O–H groups in total. The molecule has 0 amide bonds. The third-order valence-corrected chi connectivity index (χ3v) is 3.95. The molecule has 0 saturated carbocycles. The van der Waals surface area contributed by atoms with E-state index in [-0.39, 0.29) is 11.5 Å². The van der Waals surface area contributed by atoms with E-state index >= 15 is 0 Å². The molecular formula is C19H15BrN2O2. The molecule has 0 unspecified atom stereocenters. The van der Waals surface area contributed by atoms with E-state index in [2.05, 4.69) is 26.5 Å². The summed E-state index contributed by atoms with van der Waals surface area (Å²) in [5.41, 5.74) is 5.59. The molecule has 0 atom stereocenters. The van der Waals surface area contributed by atoms with Crippen molar-refractivity contribution in [3.8, 4) is 11.5 Å². The van der Waals surface area contributed by atoms with Crippen molar-refractivity contribution >= 4 is 27.3 Å². The minimum Gasteiger partial charge on any atom is -0.508 e. The van der Waals surface area contributed by atoms with Crippen LogP contribution in [0.5, 0.6) is 11.5 Å². The number of hydrazone groups is 1. The average molecular weight is 383 g/mol. The van der Waals surface area contributed by atoms with Gasteiger partial charge in [0.15, 0.2) is 0 Å². The average Bonchev–Trinajstić information content (AvgIpc) is 2.60. The van der Waals surface area contributed by atoms with Gasteiger partial charge < -0.3 is 10.2 Å². The SMILES string of the molecule is Oc1ccc(O)c(/C(=N\Nc2ccccc2)c2ccc(Br)cc2)c1. The Morgan fingerprint density at radius 1 is 0.875 bits per heavy atom. The summed E-state index contributed by atoms with van der Waals surface area (Å²) < 4.78 is 0.946. The van der Waals surface area contributed by atoms with Gasteiger partial charge in [-0.05, 0) is 42.5 Å². The molecule has 0 fully saturated rings. The number of nitrogens with zero attached hydrogens (tertiary/aromatic N) is 1. The Kier molecular flexibility index (Phi) is 4.82. The van der Waals surface area contributed by atoms with Crippen molar-refractivity contribution in [3.05, 3.63) is 88.4 Å². The highest BCUT2D eigenvalue weighted by Crippen LogP contribution is 2.26. The van der Waals surface area contributed by atoms with E-state index in [1.807, 2.05) is 54.6 Å². The molecule has 5 heteroatoms. The van der Waals surface area contributed by atoms with Crippen LogP contribution in [0.2, 0.25) is 0 Å². The number of rotatable bonds is 4. The first kappa shape index (κ1) is 16.1. The summed E-state index contributed by atoms with van der Waals surface area (Å²) in [6.07, 6.45) is 0. The van der Waals surface area contributed by atoms with Gasteiger partial charge in [-0.1, -0.05) is 46.3 Å². The van der Waals surface area contributed by atoms with E-state index in [9.17, 15) is 10.2 Å². The zero-order valence-corrected chi connectivity index (χ0v) is 14.2. The molecule has 0 aromatic heterocycles. The van der Waals surface area contributed by atoms with Crippen molar-refractivity contribution in [1.29, 1.82) is 0 Å². The van der Waals surface area contributed by atoms with E-state index in [1.165, 1.54) is 18.2 Å². The van der Waals surface area contributed by atoms with Gasteiger partial charge in [0.2, 0.25) is 0 Å². The Balaban J connectivity index is 2.06. The minimum atomic E-state index is 0.0457. The predicted molar refractivity (Wildman–Crippen MR) is 99.6 cm³/mol. The molecule has 3 aromatic carbocycles. The zero-order chi connectivity index (χ0) is 16.9. The zero-order valence-electron chi connectivity index (χ0n) is 12.6. The van der Waals surface area contributed by atoms with Crippen LogP contribution in [-0.2, 0) is 0 Å². The van der Waals surface area contributed by atoms with Crippen LogP contribution in [0.25, 0.3) is 0 Å². The van der Waals surface area contributed by atoms with Crippen LogP contribution in [0.4, 0.5) is 5.69 Å². The number of aromatic hydroxyl groups is 2. The number of phenols is 2. The maximum atomic E-state index is 10.2. The Morgan fingerprint density at radius 3 is 2.29 bits per heavy atom. The van der Waals surface area contributed by atoms with Gasteiger partial charge in [-0.15, -0.1) is 0 Å². The summed E-state index contributed by atoms with van der Waals surface area (Å²) in [7, 11) is 0. The fourth-order valence-electron chi connectivity index (χ4n) is 2.23. The number of hydrogen-bond donors (Lipinski definition) is 3. The van der Waals surface area contributed by atoms with E-state index in [0.29, 0.717) is 11.3 Å². The second kappa shape index (κ2) is 7.19. The highest BCUT2D eigenvalue weighted by molar-refractivity contribution is 9.10. The van der Waals surface area contributed by atoms with Crippen LogP contribution in [-0.4, -0.2) is 15.9 Å². The van der Waals surface area contributed by atoms with Crippen LogP contribution >= 0.6 is 15.9 Å². The number of nitrogens with one attached hydrogen (secondary N) is 1. The second-order valence-electron chi connectivity index (χ2n) is 5.15. The third kappa shape index (κ3) is 3.75. The lowest BCUT2D eigenvalue weighted by molar-refractivity contribution is 0.459. The number of hydrogen-bond acceptors (Lipinski definition) is 4. The molecule has 3 aromatic rings. The predicted octanol–water partition coefficient (Wildman–Crippen LogP) is 4.72. The van der Waals surface area contributed by atoms with Gasteiger partial charge in [0, 0.05) is 15.6 Å². The number of para-hydroxylation sites is 1. The van der Waals surface area contributed by atoms with Crippen LogP contribution in [0.15, 0.2) is 82.4 Å². The highest BCUT2D eigenvalue weighted by atomic mass is 79.9. The molecule has 120 valence electrons. The van der Waals surface area contributed by atoms with Crippen LogP contribution < -0.4 is 5.43 Å². The van der Waals surface area contributed by atoms with Crippen molar-refractivity contribution in [2.24, 2.45) is 5.10 Å². The fraction of sp³-hybridized carbons (Fsp3) is 0. The summed E-state index contributed by atoms with van der Waals surface area (Å²) >= 11 is 3.41. The molecule has 0 aliphatic heterocycles. The Labute approximate surface area is 148 Å². The van der Waals surface area contributed by atoms with E-state index in [1.54, 1.807) is 0 Å². The van der Waals surface area contributed by atoms with Crippen molar-refractivity contribution in [3.63, 3.8) is 0 Å². The van der Waals surface area contributed by atoms with Gasteiger partial charge in [0.05, 0.1) is 5.69 Å². The molecule has 0 saturated heterocycles. The lowest BCUT2D eigenvalue weighted by Crippen LogP contribution is -2.07. The van der Waals surface area contributed by atoms with Gasteiger partial charge in [-0.25, -0.2) is 0 Å². The number of anilines is 1. The Hall–Kier alpha value is -2.79. The molecule has 0 radical (unpaired) electrons. The maximum Gasteiger partial charge on any atom is 0.125 e. The van der Waals surface area contributed by atoms with Crippen LogP contribution in [0, 0.1) is 0 Å². The first-order chi connectivity index (χ1) is 11.6. The maximum absolute atomic E-state index is 10.2. The molecule has 0 aliphatic rings. The molecule has 0 bridgehead atoms. The summed E-state index contributed by atoms with van der Waals surface area (Å²) in [6, 6.07) is 21.5. The molecule has 3 rings (SSSR count). The van der Waals surface area contributed by atoms with Crippen molar-refractivity contribution in [2.45, 2.75) is 0 Å². The van der Waals surface area contributed by atoms with Gasteiger partial charge >= 0.3 is 0 Å². The summed E-state index contributed by atoms with van der Waals surface area (Å²) in [5.74, 6) is 0.108. The smallest absolute Gasteiger partial charge is 0.125 e. The Morgan fingerprint density at radius 2 is 1.58 bits per heavy atom. The van der Waals surface area contributed by atoms with E-state index in [0.717, 1.165) is 15.7 Å². The van der Waals surface area contributed by atoms with Crippen LogP contribution in [0.1, 0.15) is 11.1 Å². The molecule has 0 aliphatic carbocycles. The lowest BCUT2D eigenvalue weighted by atomic mass is 10.0. The first-order valence-corrected chi connectivity index (χ1v) is 8.10. The van der Waals surface area contributed by atoms with E-state index < -0.39 is 0 Å². The molecule has 0 heterocycles. The topological polar surface area (TPSA) is 64.8 Å². The van der Waals surface area contributed by atoms with Gasteiger partial charge in [0.1, 0.15) is 17.2 Å². The molecule has 4 nitrogen and oxygen atoms in total. The molecule has 0 spiro atoms. The van der Waals surface area contributed by atoms with Crippen molar-refractivity contribution in [2.75, 3.05) is 5.43 Å². The first-order valence-electron chi connectivity index (χ1n) is 7.30. The van der Waals surface area contributed by atoms with E-state index in [4.69, 9.17) is 0 Å². The molecular weight excluding hydrogens is 368 g/mol. The number of benzene rings is 3. The summed E-state index contributed by atoms with van der Waals surface area (Å²) in [6.45, 7) is 0. The lowest BCUT2D eigenvalue weighted by Gasteiger charge is -2.11. The standard InChI is InChI=1S/C19H15BrN2O2/c20-14-8-6-13(7-9-14)19(17-12-16(23)10-11-18(17)24)22-21-15-4-2-1-3-5-15/h1-12,21,23-24H/b22-19-. The number of halogens is 1. The number of phenolic OH excluding ortho intramolecular Hbond substituents is 2. The Bertz CT molecular complexity index is 862. The van der Waals surface area contributed by atoms with Crippen LogP contribution in [0.3, 0.4) is 0 Å². The van der Waals surface area contributed by atoms with Crippen molar-refractivity contribution in [1.82, 2.24) is 0 Å². The fourth-order valence-corrected chi connectivity index (χ4v) is 2.50. The molecule has 24 heavy (non-hydrogen) atoms. The quantitative estimate of drug-likeness (QED) is 0.347. The minimum absolute atomic E-state index is 0.0457. The largest absolute Gasteiger partial charge is 0.508 e. The van der Waals surface area contributed by atoms with Gasteiger partial charge in [-0.3, -0.25) is 5.43 Å². The summed E-state index contributed by atoms with van der Waals surface area (Å²) in [4.78, 5) is 0. The highest BCUT2D eigenvalue weighted by Gasteiger charge is 2.13. The monoisotopic (exact) mass is 382 g/mol. The third-order valence-electron chi connectivity index (χ3n) is 3.42. The van der Waals surface area contributed by atoms with Gasteiger partial charge in [0.25, 0.3) is 0 Å². The van der Waals surface area contributed by atoms with Crippen molar-refractivity contribution < 1.29 is 10.2 Å². The second-order valence-corrected chi connectivity index (χ2v) is 6.06.